The van der Waals surface area contributed by atoms with Crippen LogP contribution in [0.4, 0.5) is 5.82 Å². The van der Waals surface area contributed by atoms with Gasteiger partial charge in [0.15, 0.2) is 11.6 Å². The van der Waals surface area contributed by atoms with Gasteiger partial charge >= 0.3 is 0 Å². The molecule has 1 N–H and O–H groups in total. The highest BCUT2D eigenvalue weighted by molar-refractivity contribution is 6.08. The molecule has 23 heavy (non-hydrogen) atoms. The van der Waals surface area contributed by atoms with Crippen molar-refractivity contribution in [3.05, 3.63) is 18.6 Å². The normalized spacial score (nSPS) is 20.1. The molecular weight excluding hydrogens is 296 g/mol. The fourth-order valence-corrected chi connectivity index (χ4v) is 3.40. The van der Waals surface area contributed by atoms with Crippen LogP contribution in [0.5, 0.6) is 0 Å². The first-order valence-electron chi connectivity index (χ1n) is 8.01. The van der Waals surface area contributed by atoms with Crippen LogP contribution in [0.2, 0.25) is 0 Å². The molecule has 2 amide bonds. The van der Waals surface area contributed by atoms with Gasteiger partial charge in [-0.3, -0.25) is 19.4 Å². The Morgan fingerprint density at radius 2 is 2.09 bits per heavy atom. The molecule has 1 aliphatic heterocycles. The number of anilines is 1. The largest absolute Gasteiger partial charge is 0.323 e. The third-order valence-corrected chi connectivity index (χ3v) is 4.54. The maximum atomic E-state index is 12.7. The van der Waals surface area contributed by atoms with Crippen LogP contribution in [-0.2, 0) is 14.4 Å². The lowest BCUT2D eigenvalue weighted by Crippen LogP contribution is -2.46. The number of hydrogen-bond acceptors (Lipinski definition) is 5. The molecule has 0 bridgehead atoms. The van der Waals surface area contributed by atoms with Crippen molar-refractivity contribution in [3.63, 3.8) is 0 Å². The van der Waals surface area contributed by atoms with Gasteiger partial charge in [-0.2, -0.15) is 0 Å². The molecular formula is C16H20N4O3. The molecule has 1 atom stereocenters. The minimum absolute atomic E-state index is 0.0319. The molecule has 1 aromatic heterocycles. The molecule has 1 saturated heterocycles. The predicted molar refractivity (Wildman–Crippen MR) is 82.4 cm³/mol. The van der Waals surface area contributed by atoms with E-state index >= 15 is 0 Å². The fraction of sp³-hybridized carbons (Fsp3) is 0.562. The van der Waals surface area contributed by atoms with Crippen LogP contribution >= 0.6 is 0 Å². The summed E-state index contributed by atoms with van der Waals surface area (Å²) >= 11 is 0. The van der Waals surface area contributed by atoms with Crippen LogP contribution in [-0.4, -0.2) is 45.1 Å². The van der Waals surface area contributed by atoms with Gasteiger partial charge in [0.2, 0.25) is 11.8 Å². The number of likely N-dealkylation sites (tertiary alicyclic amines) is 1. The number of carbonyl (C=O) groups excluding carboxylic acids is 3. The maximum Gasteiger partial charge on any atom is 0.248 e. The number of nitrogens with one attached hydrogen (secondary N) is 1. The van der Waals surface area contributed by atoms with Gasteiger partial charge in [0.05, 0.1) is 19.2 Å². The highest BCUT2D eigenvalue weighted by atomic mass is 16.2. The maximum absolute atomic E-state index is 12.7. The van der Waals surface area contributed by atoms with Gasteiger partial charge in [-0.15, -0.1) is 0 Å². The molecule has 2 aliphatic rings. The summed E-state index contributed by atoms with van der Waals surface area (Å²) in [6.45, 7) is 0.0319. The van der Waals surface area contributed by atoms with E-state index in [-0.39, 0.29) is 30.6 Å². The zero-order chi connectivity index (χ0) is 16.2. The van der Waals surface area contributed by atoms with Crippen molar-refractivity contribution in [1.29, 1.82) is 0 Å². The molecule has 122 valence electrons. The van der Waals surface area contributed by atoms with Gasteiger partial charge in [0.25, 0.3) is 0 Å². The molecule has 0 aromatic carbocycles. The molecule has 1 aliphatic carbocycles. The molecule has 0 spiro atoms. The molecule has 1 unspecified atom stereocenters. The van der Waals surface area contributed by atoms with Gasteiger partial charge in [-0.1, -0.05) is 25.7 Å². The van der Waals surface area contributed by atoms with E-state index in [2.05, 4.69) is 15.3 Å². The standard InChI is InChI=1S/C16H20N4O3/c21-12-8-15(22)20(10-12)13(7-11-3-1-2-4-11)16(23)19-14-9-17-5-6-18-14/h5-6,9,11,13H,1-4,7-8,10H2,(H,18,19,23). The van der Waals surface area contributed by atoms with Crippen LogP contribution in [0.15, 0.2) is 18.6 Å². The lowest BCUT2D eigenvalue weighted by molar-refractivity contribution is -0.135. The van der Waals surface area contributed by atoms with Crippen LogP contribution < -0.4 is 5.32 Å². The summed E-state index contributed by atoms with van der Waals surface area (Å²) in [5.41, 5.74) is 0. The first-order valence-corrected chi connectivity index (χ1v) is 8.01. The number of carbonyl (C=O) groups is 3. The van der Waals surface area contributed by atoms with E-state index in [0.29, 0.717) is 18.2 Å². The van der Waals surface area contributed by atoms with E-state index in [1.807, 2.05) is 0 Å². The number of amides is 2. The second-order valence-electron chi connectivity index (χ2n) is 6.22. The number of nitrogens with zero attached hydrogens (tertiary/aromatic N) is 3. The van der Waals surface area contributed by atoms with E-state index in [9.17, 15) is 14.4 Å². The van der Waals surface area contributed by atoms with Gasteiger partial charge < -0.3 is 10.2 Å². The van der Waals surface area contributed by atoms with Crippen molar-refractivity contribution in [2.45, 2.75) is 44.6 Å². The third-order valence-electron chi connectivity index (χ3n) is 4.54. The summed E-state index contributed by atoms with van der Waals surface area (Å²) in [7, 11) is 0. The van der Waals surface area contributed by atoms with E-state index in [0.717, 1.165) is 25.7 Å². The summed E-state index contributed by atoms with van der Waals surface area (Å²) in [4.78, 5) is 45.6. The van der Waals surface area contributed by atoms with Crippen molar-refractivity contribution < 1.29 is 14.4 Å². The van der Waals surface area contributed by atoms with E-state index in [4.69, 9.17) is 0 Å². The van der Waals surface area contributed by atoms with E-state index < -0.39 is 6.04 Å². The van der Waals surface area contributed by atoms with Crippen LogP contribution in [0, 0.1) is 5.92 Å². The number of rotatable bonds is 5. The van der Waals surface area contributed by atoms with Crippen LogP contribution in [0.3, 0.4) is 0 Å². The summed E-state index contributed by atoms with van der Waals surface area (Å²) < 4.78 is 0. The summed E-state index contributed by atoms with van der Waals surface area (Å²) in [5.74, 6) is 0.106. The van der Waals surface area contributed by atoms with Gasteiger partial charge in [-0.05, 0) is 12.3 Å². The molecule has 7 heteroatoms. The minimum atomic E-state index is -0.612. The Balaban J connectivity index is 1.74. The summed E-state index contributed by atoms with van der Waals surface area (Å²) in [6.07, 6.45) is 9.45. The van der Waals surface area contributed by atoms with Crippen molar-refractivity contribution in [3.8, 4) is 0 Å². The molecule has 1 aromatic rings. The number of hydrogen-bond donors (Lipinski definition) is 1. The lowest BCUT2D eigenvalue weighted by atomic mass is 9.97. The zero-order valence-corrected chi connectivity index (χ0v) is 12.9. The minimum Gasteiger partial charge on any atom is -0.323 e. The summed E-state index contributed by atoms with van der Waals surface area (Å²) in [6, 6.07) is -0.612. The Kier molecular flexibility index (Phi) is 4.64. The Bertz CT molecular complexity index is 599. The average molecular weight is 316 g/mol. The second-order valence-corrected chi connectivity index (χ2v) is 6.22. The molecule has 7 nitrogen and oxygen atoms in total. The van der Waals surface area contributed by atoms with E-state index in [1.54, 1.807) is 0 Å². The van der Waals surface area contributed by atoms with Crippen molar-refractivity contribution in [1.82, 2.24) is 14.9 Å². The fourth-order valence-electron chi connectivity index (χ4n) is 3.40. The van der Waals surface area contributed by atoms with Crippen molar-refractivity contribution in [2.24, 2.45) is 5.92 Å². The number of ketones is 1. The number of aromatic nitrogens is 2. The average Bonchev–Trinajstić information content (AvgIpc) is 3.15. The predicted octanol–water partition coefficient (Wildman–Crippen LogP) is 1.17. The lowest BCUT2D eigenvalue weighted by Gasteiger charge is -2.28. The quantitative estimate of drug-likeness (QED) is 0.823. The topological polar surface area (TPSA) is 92.3 Å². The Morgan fingerprint density at radius 1 is 1.30 bits per heavy atom. The monoisotopic (exact) mass is 316 g/mol. The van der Waals surface area contributed by atoms with Gasteiger partial charge in [-0.25, -0.2) is 4.98 Å². The zero-order valence-electron chi connectivity index (χ0n) is 12.9. The SMILES string of the molecule is O=C1CC(=O)N(C(CC2CCCC2)C(=O)Nc2cnccn2)C1. The van der Waals surface area contributed by atoms with Crippen LogP contribution in [0.1, 0.15) is 38.5 Å². The van der Waals surface area contributed by atoms with Crippen molar-refractivity contribution >= 4 is 23.4 Å². The summed E-state index contributed by atoms with van der Waals surface area (Å²) in [5, 5.41) is 2.71. The Hall–Kier alpha value is -2.31. The third kappa shape index (κ3) is 3.72. The smallest absolute Gasteiger partial charge is 0.248 e. The Labute approximate surface area is 134 Å². The van der Waals surface area contributed by atoms with Gasteiger partial charge in [0.1, 0.15) is 6.04 Å². The first kappa shape index (κ1) is 15.6. The Morgan fingerprint density at radius 3 is 2.70 bits per heavy atom. The van der Waals surface area contributed by atoms with E-state index in [1.165, 1.54) is 23.5 Å². The molecule has 2 fully saturated rings. The number of Topliss-reactive ketones (excluding diaryl/α,β-unsaturated/α-hetero) is 1. The van der Waals surface area contributed by atoms with Crippen molar-refractivity contribution in [2.75, 3.05) is 11.9 Å². The highest BCUT2D eigenvalue weighted by Gasteiger charge is 2.38. The highest BCUT2D eigenvalue weighted by Crippen LogP contribution is 2.31. The van der Waals surface area contributed by atoms with Gasteiger partial charge in [0, 0.05) is 12.4 Å². The first-order chi connectivity index (χ1) is 11.1. The molecule has 2 heterocycles. The molecule has 3 rings (SSSR count). The van der Waals surface area contributed by atoms with Crippen LogP contribution in [0.25, 0.3) is 0 Å². The second kappa shape index (κ2) is 6.85. The molecule has 0 radical (unpaired) electrons. The molecule has 1 saturated carbocycles.